The second-order valence-electron chi connectivity index (χ2n) is 2.92. The van der Waals surface area contributed by atoms with E-state index >= 15 is 0 Å². The molecule has 0 bridgehead atoms. The third kappa shape index (κ3) is 2.24. The van der Waals surface area contributed by atoms with Gasteiger partial charge in [0.05, 0.1) is 4.92 Å². The normalized spacial score (nSPS) is 10.7. The Kier molecular flexibility index (Phi) is 3.25. The predicted octanol–water partition coefficient (Wildman–Crippen LogP) is 1.69. The largest absolute Gasteiger partial charge is 0.326 e. The van der Waals surface area contributed by atoms with Gasteiger partial charge in [-0.2, -0.15) is 0 Å². The van der Waals surface area contributed by atoms with Gasteiger partial charge >= 0.3 is 5.69 Å². The van der Waals surface area contributed by atoms with Gasteiger partial charge in [0.1, 0.15) is 0 Å². The lowest BCUT2D eigenvalue weighted by atomic mass is 10.1. The lowest BCUT2D eigenvalue weighted by Crippen LogP contribution is -2.08. The van der Waals surface area contributed by atoms with Crippen molar-refractivity contribution < 1.29 is 13.7 Å². The van der Waals surface area contributed by atoms with Gasteiger partial charge in [0.2, 0.25) is 0 Å². The van der Waals surface area contributed by atoms with Crippen LogP contribution in [0.1, 0.15) is 23.4 Å². The summed E-state index contributed by atoms with van der Waals surface area (Å²) in [5.41, 5.74) is 4.11. The first-order chi connectivity index (χ1) is 6.97. The number of halogens is 2. The Labute approximate surface area is 84.1 Å². The summed E-state index contributed by atoms with van der Waals surface area (Å²) in [6.07, 6.45) is -2.98. The van der Waals surface area contributed by atoms with Crippen LogP contribution in [0, 0.1) is 17.0 Å². The highest BCUT2D eigenvalue weighted by molar-refractivity contribution is 5.45. The van der Waals surface area contributed by atoms with E-state index in [1.807, 2.05) is 0 Å². The molecule has 7 heteroatoms. The molecule has 1 aromatic rings. The molecule has 0 radical (unpaired) electrons. The minimum atomic E-state index is -2.98. The van der Waals surface area contributed by atoms with E-state index in [-0.39, 0.29) is 17.8 Å². The fraction of sp³-hybridized carbons (Fsp3) is 0.375. The molecule has 1 rings (SSSR count). The molecular formula is C8H9F2N3O2. The van der Waals surface area contributed by atoms with Crippen LogP contribution in [0.25, 0.3) is 0 Å². The van der Waals surface area contributed by atoms with Crippen molar-refractivity contribution in [2.45, 2.75) is 19.9 Å². The number of hydrogen-bond acceptors (Lipinski definition) is 4. The number of hydrogen-bond donors (Lipinski definition) is 1. The van der Waals surface area contributed by atoms with Crippen molar-refractivity contribution in [2.75, 3.05) is 0 Å². The van der Waals surface area contributed by atoms with Crippen molar-refractivity contribution in [3.05, 3.63) is 33.1 Å². The molecule has 2 N–H and O–H groups in total. The average molecular weight is 217 g/mol. The molecule has 0 spiro atoms. The molecule has 0 aromatic carbocycles. The van der Waals surface area contributed by atoms with Gasteiger partial charge in [0, 0.05) is 17.8 Å². The van der Waals surface area contributed by atoms with Crippen molar-refractivity contribution in [3.63, 3.8) is 0 Å². The Bertz CT molecular complexity index is 396. The summed E-state index contributed by atoms with van der Waals surface area (Å²) in [6, 6.07) is 1.34. The zero-order chi connectivity index (χ0) is 11.6. The highest BCUT2D eigenvalue weighted by Gasteiger charge is 2.27. The van der Waals surface area contributed by atoms with Gasteiger partial charge in [-0.1, -0.05) is 0 Å². The minimum Gasteiger partial charge on any atom is -0.326 e. The molecular weight excluding hydrogens is 208 g/mol. The Morgan fingerprint density at radius 2 is 2.27 bits per heavy atom. The molecule has 0 aliphatic heterocycles. The molecule has 0 atom stereocenters. The van der Waals surface area contributed by atoms with Gasteiger partial charge in [-0.05, 0) is 13.0 Å². The van der Waals surface area contributed by atoms with Gasteiger partial charge in [0.25, 0.3) is 6.43 Å². The Hall–Kier alpha value is -1.63. The lowest BCUT2D eigenvalue weighted by Gasteiger charge is -2.06. The summed E-state index contributed by atoms with van der Waals surface area (Å²) in [5.74, 6) is 0. The molecule has 0 aliphatic carbocycles. The fourth-order valence-corrected chi connectivity index (χ4v) is 1.28. The van der Waals surface area contributed by atoms with E-state index in [9.17, 15) is 18.9 Å². The zero-order valence-corrected chi connectivity index (χ0v) is 7.91. The second kappa shape index (κ2) is 4.26. The lowest BCUT2D eigenvalue weighted by molar-refractivity contribution is -0.387. The highest BCUT2D eigenvalue weighted by atomic mass is 19.3. The van der Waals surface area contributed by atoms with Gasteiger partial charge < -0.3 is 5.73 Å². The van der Waals surface area contributed by atoms with Crippen molar-refractivity contribution >= 4 is 5.69 Å². The van der Waals surface area contributed by atoms with Gasteiger partial charge in [-0.25, -0.2) is 13.8 Å². The van der Waals surface area contributed by atoms with E-state index < -0.39 is 22.7 Å². The molecule has 1 heterocycles. The smallest absolute Gasteiger partial charge is 0.301 e. The number of nitro groups is 1. The van der Waals surface area contributed by atoms with E-state index in [1.54, 1.807) is 0 Å². The molecule has 0 saturated carbocycles. The van der Waals surface area contributed by atoms with Crippen molar-refractivity contribution in [1.82, 2.24) is 4.98 Å². The van der Waals surface area contributed by atoms with Crippen LogP contribution in [0.2, 0.25) is 0 Å². The van der Waals surface area contributed by atoms with Crippen molar-refractivity contribution in [1.29, 1.82) is 0 Å². The van der Waals surface area contributed by atoms with Gasteiger partial charge in [-0.15, -0.1) is 0 Å². The molecule has 5 nitrogen and oxygen atoms in total. The quantitative estimate of drug-likeness (QED) is 0.617. The van der Waals surface area contributed by atoms with Gasteiger partial charge in [-0.3, -0.25) is 10.1 Å². The summed E-state index contributed by atoms with van der Waals surface area (Å²) >= 11 is 0. The number of pyridine rings is 1. The number of rotatable bonds is 3. The van der Waals surface area contributed by atoms with Crippen LogP contribution in [-0.2, 0) is 6.54 Å². The maximum Gasteiger partial charge on any atom is 0.301 e. The summed E-state index contributed by atoms with van der Waals surface area (Å²) in [4.78, 5) is 13.2. The average Bonchev–Trinajstić information content (AvgIpc) is 2.15. The molecule has 0 saturated heterocycles. The van der Waals surface area contributed by atoms with Crippen LogP contribution in [0.4, 0.5) is 14.5 Å². The fourth-order valence-electron chi connectivity index (χ4n) is 1.28. The standard InChI is InChI=1S/C8H9F2N3O2/c1-4-2-5(3-11)7(13(14)15)6(12-4)8(9)10/h2,8H,3,11H2,1H3. The van der Waals surface area contributed by atoms with Crippen molar-refractivity contribution in [2.24, 2.45) is 5.73 Å². The van der Waals surface area contributed by atoms with Crippen LogP contribution in [0.5, 0.6) is 0 Å². The number of nitrogens with zero attached hydrogens (tertiary/aromatic N) is 2. The summed E-state index contributed by atoms with van der Waals surface area (Å²) in [7, 11) is 0. The van der Waals surface area contributed by atoms with Crippen LogP contribution in [-0.4, -0.2) is 9.91 Å². The monoisotopic (exact) mass is 217 g/mol. The maximum absolute atomic E-state index is 12.5. The van der Waals surface area contributed by atoms with Gasteiger partial charge in [0.15, 0.2) is 5.69 Å². The summed E-state index contributed by atoms with van der Waals surface area (Å²) < 4.78 is 25.0. The summed E-state index contributed by atoms with van der Waals surface area (Å²) in [6.45, 7) is 1.31. The first kappa shape index (κ1) is 11.4. The molecule has 15 heavy (non-hydrogen) atoms. The summed E-state index contributed by atoms with van der Waals surface area (Å²) in [5, 5.41) is 10.6. The van der Waals surface area contributed by atoms with Crippen LogP contribution in [0.3, 0.4) is 0 Å². The molecule has 0 amide bonds. The first-order valence-corrected chi connectivity index (χ1v) is 4.10. The first-order valence-electron chi connectivity index (χ1n) is 4.10. The highest BCUT2D eigenvalue weighted by Crippen LogP contribution is 2.30. The topological polar surface area (TPSA) is 82.0 Å². The van der Waals surface area contributed by atoms with E-state index in [2.05, 4.69) is 4.98 Å². The second-order valence-corrected chi connectivity index (χ2v) is 2.92. The Morgan fingerprint density at radius 1 is 1.67 bits per heavy atom. The number of nitrogens with two attached hydrogens (primary N) is 1. The zero-order valence-electron chi connectivity index (χ0n) is 7.91. The number of aryl methyl sites for hydroxylation is 1. The van der Waals surface area contributed by atoms with Crippen LogP contribution >= 0.6 is 0 Å². The van der Waals surface area contributed by atoms with Crippen molar-refractivity contribution in [3.8, 4) is 0 Å². The number of aromatic nitrogens is 1. The Morgan fingerprint density at radius 3 is 2.67 bits per heavy atom. The third-order valence-corrected chi connectivity index (χ3v) is 1.84. The number of alkyl halides is 2. The maximum atomic E-state index is 12.5. The molecule has 0 fully saturated rings. The predicted molar refractivity (Wildman–Crippen MR) is 48.5 cm³/mol. The molecule has 0 unspecified atom stereocenters. The van der Waals surface area contributed by atoms with E-state index in [0.717, 1.165) is 0 Å². The Balaban J connectivity index is 3.47. The third-order valence-electron chi connectivity index (χ3n) is 1.84. The SMILES string of the molecule is Cc1cc(CN)c([N+](=O)[O-])c(C(F)F)n1. The minimum absolute atomic E-state index is 0.0720. The molecule has 0 aliphatic rings. The molecule has 1 aromatic heterocycles. The van der Waals surface area contributed by atoms with E-state index in [1.165, 1.54) is 13.0 Å². The van der Waals surface area contributed by atoms with E-state index in [0.29, 0.717) is 0 Å². The van der Waals surface area contributed by atoms with E-state index in [4.69, 9.17) is 5.73 Å². The van der Waals surface area contributed by atoms with Crippen LogP contribution in [0.15, 0.2) is 6.07 Å². The van der Waals surface area contributed by atoms with Crippen LogP contribution < -0.4 is 5.73 Å². The molecule has 82 valence electrons.